The predicted octanol–water partition coefficient (Wildman–Crippen LogP) is 1.57. The van der Waals surface area contributed by atoms with Crippen molar-refractivity contribution in [1.29, 1.82) is 0 Å². The van der Waals surface area contributed by atoms with Crippen LogP contribution in [0.5, 0.6) is 0 Å². The zero-order chi connectivity index (χ0) is 13.4. The Balaban J connectivity index is 2.14. The third-order valence-electron chi connectivity index (χ3n) is 3.48. The lowest BCUT2D eigenvalue weighted by Crippen LogP contribution is -2.49. The quantitative estimate of drug-likeness (QED) is 0.650. The fourth-order valence-corrected chi connectivity index (χ4v) is 2.35. The van der Waals surface area contributed by atoms with Gasteiger partial charge < -0.3 is 19.9 Å². The van der Waals surface area contributed by atoms with E-state index in [0.717, 1.165) is 39.1 Å². The van der Waals surface area contributed by atoms with Crippen LogP contribution in [-0.4, -0.2) is 49.7 Å². The average molecular weight is 259 g/mol. The predicted molar refractivity (Wildman–Crippen MR) is 72.7 cm³/mol. The molecular formula is C14H29NO3. The van der Waals surface area contributed by atoms with Crippen LogP contribution < -0.4 is 5.32 Å². The first-order valence-corrected chi connectivity index (χ1v) is 7.10. The minimum atomic E-state index is -0.232. The molecule has 0 aromatic rings. The van der Waals surface area contributed by atoms with Gasteiger partial charge in [-0.2, -0.15) is 0 Å². The summed E-state index contributed by atoms with van der Waals surface area (Å²) >= 11 is 0. The van der Waals surface area contributed by atoms with Crippen molar-refractivity contribution in [3.63, 3.8) is 0 Å². The lowest BCUT2D eigenvalue weighted by Gasteiger charge is -2.31. The third kappa shape index (κ3) is 6.14. The van der Waals surface area contributed by atoms with Crippen LogP contribution in [-0.2, 0) is 9.47 Å². The molecule has 1 heterocycles. The molecule has 1 fully saturated rings. The second-order valence-electron chi connectivity index (χ2n) is 5.90. The molecule has 1 aliphatic heterocycles. The maximum Gasteiger partial charge on any atom is 0.0611 e. The Bertz CT molecular complexity index is 217. The van der Waals surface area contributed by atoms with Crippen LogP contribution in [0.25, 0.3) is 0 Å². The molecule has 1 rings (SSSR count). The minimum absolute atomic E-state index is 0.145. The minimum Gasteiger partial charge on any atom is -0.394 e. The van der Waals surface area contributed by atoms with E-state index < -0.39 is 0 Å². The second-order valence-corrected chi connectivity index (χ2v) is 5.90. The zero-order valence-corrected chi connectivity index (χ0v) is 12.1. The van der Waals surface area contributed by atoms with E-state index in [4.69, 9.17) is 9.47 Å². The molecule has 2 N–H and O–H groups in total. The number of rotatable bonds is 8. The van der Waals surface area contributed by atoms with E-state index in [2.05, 4.69) is 19.2 Å². The summed E-state index contributed by atoms with van der Waals surface area (Å²) in [5.74, 6) is 0.650. The van der Waals surface area contributed by atoms with E-state index in [1.807, 2.05) is 6.92 Å². The van der Waals surface area contributed by atoms with Gasteiger partial charge in [0.05, 0.1) is 6.61 Å². The van der Waals surface area contributed by atoms with Crippen LogP contribution >= 0.6 is 0 Å². The number of hydrogen-bond donors (Lipinski definition) is 2. The zero-order valence-electron chi connectivity index (χ0n) is 12.1. The highest BCUT2D eigenvalue weighted by Crippen LogP contribution is 2.16. The largest absolute Gasteiger partial charge is 0.394 e. The van der Waals surface area contributed by atoms with Gasteiger partial charge in [-0.15, -0.1) is 0 Å². The number of aliphatic hydroxyl groups is 1. The highest BCUT2D eigenvalue weighted by molar-refractivity contribution is 4.83. The molecule has 0 aliphatic carbocycles. The van der Waals surface area contributed by atoms with Gasteiger partial charge in [-0.1, -0.05) is 13.8 Å². The molecule has 0 saturated carbocycles. The van der Waals surface area contributed by atoms with Gasteiger partial charge in [0.15, 0.2) is 0 Å². The molecule has 0 aromatic heterocycles. The van der Waals surface area contributed by atoms with Crippen LogP contribution in [0.15, 0.2) is 0 Å². The third-order valence-corrected chi connectivity index (χ3v) is 3.48. The summed E-state index contributed by atoms with van der Waals surface area (Å²) in [6, 6.07) is 0.373. The van der Waals surface area contributed by atoms with Crippen LogP contribution in [0, 0.1) is 5.92 Å². The van der Waals surface area contributed by atoms with Crippen molar-refractivity contribution in [2.24, 2.45) is 5.92 Å². The van der Waals surface area contributed by atoms with Crippen LogP contribution in [0.2, 0.25) is 0 Å². The maximum atomic E-state index is 9.45. The van der Waals surface area contributed by atoms with Crippen LogP contribution in [0.3, 0.4) is 0 Å². The highest BCUT2D eigenvalue weighted by Gasteiger charge is 2.23. The second kappa shape index (κ2) is 8.10. The van der Waals surface area contributed by atoms with Gasteiger partial charge in [0.2, 0.25) is 0 Å². The fourth-order valence-electron chi connectivity index (χ4n) is 2.35. The van der Waals surface area contributed by atoms with Gasteiger partial charge in [-0.05, 0) is 32.1 Å². The molecule has 1 unspecified atom stereocenters. The lowest BCUT2D eigenvalue weighted by atomic mass is 9.98. The molecule has 0 bridgehead atoms. The van der Waals surface area contributed by atoms with Gasteiger partial charge in [-0.3, -0.25) is 0 Å². The Morgan fingerprint density at radius 2 is 2.06 bits per heavy atom. The van der Waals surface area contributed by atoms with Gasteiger partial charge in [-0.25, -0.2) is 0 Å². The fraction of sp³-hybridized carbons (Fsp3) is 1.00. The summed E-state index contributed by atoms with van der Waals surface area (Å²) in [6.45, 7) is 9.65. The average Bonchev–Trinajstić information content (AvgIpc) is 2.35. The number of aliphatic hydroxyl groups excluding tert-OH is 1. The molecule has 4 nitrogen and oxygen atoms in total. The molecule has 0 amide bonds. The summed E-state index contributed by atoms with van der Waals surface area (Å²) in [5, 5.41) is 12.8. The van der Waals surface area contributed by atoms with E-state index in [0.29, 0.717) is 18.6 Å². The van der Waals surface area contributed by atoms with Gasteiger partial charge in [0.25, 0.3) is 0 Å². The molecule has 0 radical (unpaired) electrons. The SMILES string of the molecule is CC(C)NC(C)(CO)CCOCC1CCOCC1. The molecule has 0 aromatic carbocycles. The highest BCUT2D eigenvalue weighted by atomic mass is 16.5. The van der Waals surface area contributed by atoms with Crippen molar-refractivity contribution < 1.29 is 14.6 Å². The van der Waals surface area contributed by atoms with E-state index >= 15 is 0 Å². The molecule has 1 saturated heterocycles. The Morgan fingerprint density at radius 1 is 1.39 bits per heavy atom. The summed E-state index contributed by atoms with van der Waals surface area (Å²) < 4.78 is 11.1. The Kier molecular flexibility index (Phi) is 7.15. The van der Waals surface area contributed by atoms with Crippen molar-refractivity contribution in [3.8, 4) is 0 Å². The topological polar surface area (TPSA) is 50.7 Å². The smallest absolute Gasteiger partial charge is 0.0611 e. The van der Waals surface area contributed by atoms with Crippen LogP contribution in [0.4, 0.5) is 0 Å². The molecule has 4 heteroatoms. The van der Waals surface area contributed by atoms with Crippen molar-refractivity contribution in [2.75, 3.05) is 33.0 Å². The molecular weight excluding hydrogens is 230 g/mol. The van der Waals surface area contributed by atoms with Crippen molar-refractivity contribution in [1.82, 2.24) is 5.32 Å². The van der Waals surface area contributed by atoms with Crippen molar-refractivity contribution in [2.45, 2.75) is 51.6 Å². The van der Waals surface area contributed by atoms with Crippen LogP contribution in [0.1, 0.15) is 40.0 Å². The summed E-state index contributed by atoms with van der Waals surface area (Å²) in [5.41, 5.74) is -0.232. The molecule has 1 aliphatic rings. The van der Waals surface area contributed by atoms with E-state index in [1.165, 1.54) is 0 Å². The number of nitrogens with one attached hydrogen (secondary N) is 1. The molecule has 0 spiro atoms. The summed E-state index contributed by atoms with van der Waals surface area (Å²) in [4.78, 5) is 0. The first-order chi connectivity index (χ1) is 8.56. The summed E-state index contributed by atoms with van der Waals surface area (Å²) in [7, 11) is 0. The van der Waals surface area contributed by atoms with E-state index in [1.54, 1.807) is 0 Å². The Labute approximate surface area is 111 Å². The van der Waals surface area contributed by atoms with Gasteiger partial charge >= 0.3 is 0 Å². The van der Waals surface area contributed by atoms with E-state index in [-0.39, 0.29) is 12.1 Å². The van der Waals surface area contributed by atoms with Crippen molar-refractivity contribution >= 4 is 0 Å². The normalized spacial score (nSPS) is 21.2. The summed E-state index contributed by atoms with van der Waals surface area (Å²) in [6.07, 6.45) is 3.06. The Morgan fingerprint density at radius 3 is 2.61 bits per heavy atom. The number of ether oxygens (including phenoxy) is 2. The monoisotopic (exact) mass is 259 g/mol. The molecule has 1 atom stereocenters. The number of hydrogen-bond acceptors (Lipinski definition) is 4. The molecule has 108 valence electrons. The van der Waals surface area contributed by atoms with Crippen molar-refractivity contribution in [3.05, 3.63) is 0 Å². The maximum absolute atomic E-state index is 9.45. The van der Waals surface area contributed by atoms with Gasteiger partial charge in [0, 0.05) is 38.0 Å². The first kappa shape index (κ1) is 15.9. The first-order valence-electron chi connectivity index (χ1n) is 7.10. The standard InChI is InChI=1S/C14H29NO3/c1-12(2)15-14(3,11-16)6-9-18-10-13-4-7-17-8-5-13/h12-13,15-16H,4-11H2,1-3H3. The lowest BCUT2D eigenvalue weighted by molar-refractivity contribution is 0.0125. The van der Waals surface area contributed by atoms with Gasteiger partial charge in [0.1, 0.15) is 0 Å². The molecule has 18 heavy (non-hydrogen) atoms. The van der Waals surface area contributed by atoms with E-state index in [9.17, 15) is 5.11 Å². The Hall–Kier alpha value is -0.160.